The Bertz CT molecular complexity index is 608. The van der Waals surface area contributed by atoms with E-state index >= 15 is 0 Å². The van der Waals surface area contributed by atoms with Crippen LogP contribution in [0.15, 0.2) is 24.3 Å². The van der Waals surface area contributed by atoms with Gasteiger partial charge in [0.1, 0.15) is 0 Å². The van der Waals surface area contributed by atoms with Gasteiger partial charge in [0, 0.05) is 44.9 Å². The lowest BCUT2D eigenvalue weighted by Crippen LogP contribution is -2.46. The zero-order valence-electron chi connectivity index (χ0n) is 14.9. The molecule has 1 aromatic rings. The Hall–Kier alpha value is -1.92. The number of carbonyl (C=O) groups is 2. The maximum Gasteiger partial charge on any atom is 0.337 e. The highest BCUT2D eigenvalue weighted by atomic mass is 16.5. The van der Waals surface area contributed by atoms with Crippen LogP contribution in [0.25, 0.3) is 0 Å². The molecule has 1 amide bonds. The van der Waals surface area contributed by atoms with E-state index in [-0.39, 0.29) is 11.9 Å². The van der Waals surface area contributed by atoms with Gasteiger partial charge in [-0.25, -0.2) is 4.79 Å². The lowest BCUT2D eigenvalue weighted by molar-refractivity contribution is 0.0591. The van der Waals surface area contributed by atoms with Crippen molar-refractivity contribution >= 4 is 11.9 Å². The van der Waals surface area contributed by atoms with Gasteiger partial charge in [-0.05, 0) is 43.5 Å². The summed E-state index contributed by atoms with van der Waals surface area (Å²) in [6, 6.07) is 7.22. The average Bonchev–Trinajstić information content (AvgIpc) is 3.16. The smallest absolute Gasteiger partial charge is 0.337 e. The Morgan fingerprint density at radius 3 is 2.16 bits per heavy atom. The fourth-order valence-corrected chi connectivity index (χ4v) is 3.76. The number of likely N-dealkylation sites (tertiary alicyclic amines) is 2. The number of nitrogens with zero attached hydrogens (tertiary/aromatic N) is 2. The Morgan fingerprint density at radius 2 is 1.60 bits per heavy atom. The first-order valence-corrected chi connectivity index (χ1v) is 8.87. The molecule has 1 aromatic carbocycles. The zero-order chi connectivity index (χ0) is 17.8. The van der Waals surface area contributed by atoms with Gasteiger partial charge in [0.25, 0.3) is 5.91 Å². The molecule has 0 N–H and O–H groups in total. The predicted octanol–water partition coefficient (Wildman–Crippen LogP) is 1.80. The van der Waals surface area contributed by atoms with Crippen LogP contribution in [0.3, 0.4) is 0 Å². The van der Waals surface area contributed by atoms with Crippen LogP contribution in [0.2, 0.25) is 0 Å². The minimum absolute atomic E-state index is 0.0334. The van der Waals surface area contributed by atoms with Gasteiger partial charge in [-0.3, -0.25) is 9.69 Å². The van der Waals surface area contributed by atoms with Gasteiger partial charge >= 0.3 is 5.97 Å². The molecule has 2 aliphatic heterocycles. The van der Waals surface area contributed by atoms with Crippen LogP contribution in [0.5, 0.6) is 0 Å². The van der Waals surface area contributed by atoms with Gasteiger partial charge in [0.15, 0.2) is 0 Å². The summed E-state index contributed by atoms with van der Waals surface area (Å²) in [4.78, 5) is 28.5. The summed E-state index contributed by atoms with van der Waals surface area (Å²) in [6.45, 7) is 3.64. The quantitative estimate of drug-likeness (QED) is 0.778. The molecule has 2 fully saturated rings. The standard InChI is InChI=1S/C19H26N2O4/c1-24-17-9-12-21(13-17)16-7-10-20(11-8-16)18(22)14-3-5-15(6-4-14)19(23)25-2/h3-6,16-17H,7-13H2,1-2H3/t17-/m0/s1. The Kier molecular flexibility index (Phi) is 5.71. The summed E-state index contributed by atoms with van der Waals surface area (Å²) >= 11 is 0. The number of esters is 1. The fourth-order valence-electron chi connectivity index (χ4n) is 3.76. The van der Waals surface area contributed by atoms with Crippen molar-refractivity contribution in [1.29, 1.82) is 0 Å². The monoisotopic (exact) mass is 346 g/mol. The average molecular weight is 346 g/mol. The number of amides is 1. The third-order valence-corrected chi connectivity index (χ3v) is 5.33. The topological polar surface area (TPSA) is 59.1 Å². The summed E-state index contributed by atoms with van der Waals surface area (Å²) in [6.07, 6.45) is 3.46. The molecule has 0 aromatic heterocycles. The molecule has 2 aliphatic rings. The van der Waals surface area contributed by atoms with Crippen molar-refractivity contribution in [2.45, 2.75) is 31.4 Å². The maximum absolute atomic E-state index is 12.7. The molecular weight excluding hydrogens is 320 g/mol. The molecule has 6 nitrogen and oxygen atoms in total. The second-order valence-corrected chi connectivity index (χ2v) is 6.73. The van der Waals surface area contributed by atoms with Gasteiger partial charge in [-0.1, -0.05) is 0 Å². The van der Waals surface area contributed by atoms with Crippen LogP contribution in [-0.4, -0.2) is 74.2 Å². The highest BCUT2D eigenvalue weighted by Crippen LogP contribution is 2.23. The van der Waals surface area contributed by atoms with E-state index in [2.05, 4.69) is 9.64 Å². The Labute approximate surface area is 148 Å². The van der Waals surface area contributed by atoms with E-state index in [9.17, 15) is 9.59 Å². The number of rotatable bonds is 4. The SMILES string of the molecule is COC(=O)c1ccc(C(=O)N2CCC(N3CC[C@H](OC)C3)CC2)cc1. The molecule has 0 bridgehead atoms. The van der Waals surface area contributed by atoms with E-state index in [4.69, 9.17) is 4.74 Å². The van der Waals surface area contributed by atoms with Crippen LogP contribution < -0.4 is 0 Å². The van der Waals surface area contributed by atoms with E-state index in [1.165, 1.54) is 7.11 Å². The minimum atomic E-state index is -0.389. The Morgan fingerprint density at radius 1 is 0.960 bits per heavy atom. The normalized spacial score (nSPS) is 22.2. The van der Waals surface area contributed by atoms with Crippen LogP contribution in [0, 0.1) is 0 Å². The number of hydrogen-bond donors (Lipinski definition) is 0. The molecule has 136 valence electrons. The number of hydrogen-bond acceptors (Lipinski definition) is 5. The molecule has 2 saturated heterocycles. The first-order chi connectivity index (χ1) is 12.1. The molecule has 0 aliphatic carbocycles. The molecule has 0 spiro atoms. The van der Waals surface area contributed by atoms with Crippen molar-refractivity contribution in [3.63, 3.8) is 0 Å². The van der Waals surface area contributed by atoms with Crippen molar-refractivity contribution in [3.8, 4) is 0 Å². The van der Waals surface area contributed by atoms with E-state index in [1.807, 2.05) is 4.90 Å². The van der Waals surface area contributed by atoms with E-state index in [1.54, 1.807) is 31.4 Å². The van der Waals surface area contributed by atoms with Crippen molar-refractivity contribution < 1.29 is 19.1 Å². The fraction of sp³-hybridized carbons (Fsp3) is 0.579. The molecule has 0 radical (unpaired) electrons. The largest absolute Gasteiger partial charge is 0.465 e. The summed E-state index contributed by atoms with van der Waals surface area (Å²) in [5.74, 6) is -0.356. The second-order valence-electron chi connectivity index (χ2n) is 6.73. The third-order valence-electron chi connectivity index (χ3n) is 5.33. The van der Waals surface area contributed by atoms with Crippen LogP contribution in [0.4, 0.5) is 0 Å². The van der Waals surface area contributed by atoms with Crippen molar-refractivity contribution in [3.05, 3.63) is 35.4 Å². The van der Waals surface area contributed by atoms with E-state index in [0.717, 1.165) is 45.4 Å². The lowest BCUT2D eigenvalue weighted by atomic mass is 10.0. The van der Waals surface area contributed by atoms with Crippen LogP contribution in [0.1, 0.15) is 40.0 Å². The molecule has 6 heteroatoms. The predicted molar refractivity (Wildman–Crippen MR) is 93.7 cm³/mol. The molecule has 0 unspecified atom stereocenters. The van der Waals surface area contributed by atoms with Crippen molar-refractivity contribution in [2.24, 2.45) is 0 Å². The van der Waals surface area contributed by atoms with Crippen molar-refractivity contribution in [1.82, 2.24) is 9.80 Å². The third kappa shape index (κ3) is 4.02. The Balaban J connectivity index is 1.54. The number of benzene rings is 1. The summed E-state index contributed by atoms with van der Waals surface area (Å²) in [7, 11) is 3.13. The molecular formula is C19H26N2O4. The van der Waals surface area contributed by atoms with Crippen LogP contribution >= 0.6 is 0 Å². The molecule has 25 heavy (non-hydrogen) atoms. The van der Waals surface area contributed by atoms with Crippen molar-refractivity contribution in [2.75, 3.05) is 40.4 Å². The number of ether oxygens (including phenoxy) is 2. The number of carbonyl (C=O) groups excluding carboxylic acids is 2. The molecule has 0 saturated carbocycles. The van der Waals surface area contributed by atoms with Crippen LogP contribution in [-0.2, 0) is 9.47 Å². The summed E-state index contributed by atoms with van der Waals surface area (Å²) in [5, 5.41) is 0. The van der Waals surface area contributed by atoms with Gasteiger partial charge < -0.3 is 14.4 Å². The minimum Gasteiger partial charge on any atom is -0.465 e. The molecule has 1 atom stereocenters. The second kappa shape index (κ2) is 7.97. The first kappa shape index (κ1) is 17.9. The maximum atomic E-state index is 12.7. The van der Waals surface area contributed by atoms with Gasteiger partial charge in [-0.15, -0.1) is 0 Å². The first-order valence-electron chi connectivity index (χ1n) is 8.87. The van der Waals surface area contributed by atoms with Gasteiger partial charge in [0.05, 0.1) is 18.8 Å². The van der Waals surface area contributed by atoms with E-state index < -0.39 is 0 Å². The highest BCUT2D eigenvalue weighted by Gasteiger charge is 2.31. The van der Waals surface area contributed by atoms with Gasteiger partial charge in [0.2, 0.25) is 0 Å². The molecule has 2 heterocycles. The lowest BCUT2D eigenvalue weighted by Gasteiger charge is -2.36. The van der Waals surface area contributed by atoms with Gasteiger partial charge in [-0.2, -0.15) is 0 Å². The highest BCUT2D eigenvalue weighted by molar-refractivity contribution is 5.96. The summed E-state index contributed by atoms with van der Waals surface area (Å²) < 4.78 is 10.1. The van der Waals surface area contributed by atoms with E-state index in [0.29, 0.717) is 23.3 Å². The number of methoxy groups -OCH3 is 2. The molecule has 3 rings (SSSR count). The zero-order valence-corrected chi connectivity index (χ0v) is 14.9. The number of piperidine rings is 1. The summed E-state index contributed by atoms with van der Waals surface area (Å²) in [5.41, 5.74) is 1.08.